The molecule has 5 rings (SSSR count). The zero-order valence-corrected chi connectivity index (χ0v) is 23.0. The minimum atomic E-state index is -1.59. The summed E-state index contributed by atoms with van der Waals surface area (Å²) >= 11 is 0. The Morgan fingerprint density at radius 3 is 2.79 bits per heavy atom. The van der Waals surface area contributed by atoms with Crippen LogP contribution in [0.3, 0.4) is 0 Å². The summed E-state index contributed by atoms with van der Waals surface area (Å²) in [7, 11) is -1.59. The molecule has 1 aromatic carbocycles. The van der Waals surface area contributed by atoms with Crippen LogP contribution in [0.2, 0.25) is 0 Å². The molecule has 0 unspecified atom stereocenters. The van der Waals surface area contributed by atoms with Gasteiger partial charge in [-0.3, -0.25) is 4.79 Å². The zero-order chi connectivity index (χ0) is 28.3. The van der Waals surface area contributed by atoms with E-state index in [1.807, 2.05) is 6.92 Å². The lowest BCUT2D eigenvalue weighted by Gasteiger charge is -2.61. The van der Waals surface area contributed by atoms with Crippen LogP contribution in [0.25, 0.3) is 0 Å². The van der Waals surface area contributed by atoms with Gasteiger partial charge in [-0.25, -0.2) is 9.18 Å². The third-order valence-corrected chi connectivity index (χ3v) is 10.7. The van der Waals surface area contributed by atoms with Crippen molar-refractivity contribution < 1.29 is 38.3 Å². The maximum atomic E-state index is 15.1. The third-order valence-electron chi connectivity index (χ3n) is 10.7. The summed E-state index contributed by atoms with van der Waals surface area (Å²) in [4.78, 5) is 26.7. The molecule has 0 aromatic heterocycles. The first-order valence-electron chi connectivity index (χ1n) is 13.8. The van der Waals surface area contributed by atoms with E-state index in [1.54, 1.807) is 6.08 Å². The fraction of sp³-hybridized carbons (Fsp3) is 0.621. The molecule has 39 heavy (non-hydrogen) atoms. The number of Topliss-reactive ketones (excluding diaryl/α,β-unsaturated/α-hetero) is 1. The number of halogens is 1. The SMILES string of the molecule is C=C[C@]1(C)C[C@@H](OC(=O)COc2ccc3c(c2F)B(O)ON=C3)[C@@]2(C)[C@@H]3C(=O)CC[C@@]3(CC[C@@H]2C)[C@@H](C)[C@@H]1O. The minimum Gasteiger partial charge on any atom is -0.479 e. The molecule has 2 bridgehead atoms. The zero-order valence-electron chi connectivity index (χ0n) is 23.0. The molecule has 1 aromatic rings. The largest absolute Gasteiger partial charge is 0.586 e. The van der Waals surface area contributed by atoms with Gasteiger partial charge in [0.25, 0.3) is 0 Å². The van der Waals surface area contributed by atoms with Crippen LogP contribution < -0.4 is 10.2 Å². The summed E-state index contributed by atoms with van der Waals surface area (Å²) in [5, 5.41) is 25.1. The highest BCUT2D eigenvalue weighted by Gasteiger charge is 2.68. The molecule has 1 aliphatic heterocycles. The number of oxime groups is 1. The molecule has 1 heterocycles. The third kappa shape index (κ3) is 4.13. The lowest BCUT2D eigenvalue weighted by molar-refractivity contribution is -0.207. The summed E-state index contributed by atoms with van der Waals surface area (Å²) in [5.41, 5.74) is -1.56. The molecule has 0 amide bonds. The van der Waals surface area contributed by atoms with Gasteiger partial charge in [0.05, 0.1) is 12.3 Å². The molecule has 3 aliphatic carbocycles. The number of carbonyl (C=O) groups is 2. The Kier molecular flexibility index (Phi) is 6.95. The second-order valence-corrected chi connectivity index (χ2v) is 12.4. The first-order chi connectivity index (χ1) is 18.4. The topological polar surface area (TPSA) is 115 Å². The molecule has 4 aliphatic rings. The van der Waals surface area contributed by atoms with Crippen molar-refractivity contribution in [3.63, 3.8) is 0 Å². The molecule has 3 saturated carbocycles. The normalized spacial score (nSPS) is 39.1. The van der Waals surface area contributed by atoms with Crippen molar-refractivity contribution in [3.8, 4) is 5.75 Å². The quantitative estimate of drug-likeness (QED) is 0.335. The summed E-state index contributed by atoms with van der Waals surface area (Å²) in [6.45, 7) is 11.6. The number of aliphatic hydroxyl groups is 1. The Balaban J connectivity index is 1.44. The van der Waals surface area contributed by atoms with E-state index in [-0.39, 0.29) is 40.2 Å². The second-order valence-electron chi connectivity index (χ2n) is 12.4. The molecule has 0 spiro atoms. The number of ether oxygens (including phenoxy) is 2. The number of benzene rings is 1. The molecular weight excluding hydrogens is 504 g/mol. The molecule has 210 valence electrons. The van der Waals surface area contributed by atoms with Crippen molar-refractivity contribution in [2.24, 2.45) is 39.2 Å². The van der Waals surface area contributed by atoms with Gasteiger partial charge in [-0.1, -0.05) is 33.8 Å². The van der Waals surface area contributed by atoms with E-state index in [1.165, 1.54) is 18.3 Å². The summed E-state index contributed by atoms with van der Waals surface area (Å²) in [6, 6.07) is 2.86. The van der Waals surface area contributed by atoms with Crippen molar-refractivity contribution in [1.29, 1.82) is 0 Å². The predicted molar refractivity (Wildman–Crippen MR) is 143 cm³/mol. The Labute approximate surface area is 228 Å². The van der Waals surface area contributed by atoms with Gasteiger partial charge in [0.15, 0.2) is 18.2 Å². The van der Waals surface area contributed by atoms with Crippen LogP contribution >= 0.6 is 0 Å². The molecule has 2 N–H and O–H groups in total. The maximum Gasteiger partial charge on any atom is 0.586 e. The van der Waals surface area contributed by atoms with E-state index >= 15 is 4.39 Å². The van der Waals surface area contributed by atoms with Gasteiger partial charge in [-0.05, 0) is 55.1 Å². The highest BCUT2D eigenvalue weighted by molar-refractivity contribution is 6.62. The van der Waals surface area contributed by atoms with Crippen LogP contribution in [0, 0.1) is 39.8 Å². The van der Waals surface area contributed by atoms with Crippen LogP contribution in [0.4, 0.5) is 4.39 Å². The molecular formula is C29H37BFNO7. The average Bonchev–Trinajstić information content (AvgIpc) is 3.26. The molecule has 8 nitrogen and oxygen atoms in total. The van der Waals surface area contributed by atoms with E-state index in [0.29, 0.717) is 24.8 Å². The standard InChI is InChI=1S/C29H37BFNO7/c1-6-27(4)13-21(28(5)16(2)9-11-29(17(3)26(27)35)12-10-19(33)25(28)29)38-22(34)15-37-20-8-7-18-14-32-39-30(36)23(18)24(20)31/h6-8,14,16-17,21,25-26,35-36H,1,9-13,15H2,2-5H3/t16-,17-,21+,25-,26-,27+,28-,29-/m0/s1. The van der Waals surface area contributed by atoms with Gasteiger partial charge < -0.3 is 24.4 Å². The number of esters is 1. The van der Waals surface area contributed by atoms with E-state index in [9.17, 15) is 19.7 Å². The molecule has 3 fully saturated rings. The van der Waals surface area contributed by atoms with Crippen molar-refractivity contribution in [1.82, 2.24) is 0 Å². The maximum absolute atomic E-state index is 15.1. The number of ketones is 1. The smallest absolute Gasteiger partial charge is 0.479 e. The highest BCUT2D eigenvalue weighted by atomic mass is 19.1. The molecule has 0 radical (unpaired) electrons. The summed E-state index contributed by atoms with van der Waals surface area (Å²) < 4.78 is 31.4. The average molecular weight is 541 g/mol. The first kappa shape index (κ1) is 27.8. The number of aliphatic hydroxyl groups excluding tert-OH is 1. The number of hydrogen-bond donors (Lipinski definition) is 2. The van der Waals surface area contributed by atoms with Gasteiger partial charge in [-0.2, -0.15) is 0 Å². The number of rotatable bonds is 5. The van der Waals surface area contributed by atoms with E-state index < -0.39 is 48.5 Å². The van der Waals surface area contributed by atoms with Gasteiger partial charge in [0.2, 0.25) is 0 Å². The van der Waals surface area contributed by atoms with Crippen LogP contribution in [0.15, 0.2) is 29.9 Å². The minimum absolute atomic E-state index is 0.0918. The number of nitrogens with zero attached hydrogens (tertiary/aromatic N) is 1. The first-order valence-corrected chi connectivity index (χ1v) is 13.8. The lowest BCUT2D eigenvalue weighted by atomic mass is 9.44. The van der Waals surface area contributed by atoms with Gasteiger partial charge in [0.1, 0.15) is 11.9 Å². The summed E-state index contributed by atoms with van der Waals surface area (Å²) in [5.74, 6) is -2.00. The summed E-state index contributed by atoms with van der Waals surface area (Å²) in [6.07, 6.45) is 4.73. The number of fused-ring (bicyclic) bond motifs is 1. The van der Waals surface area contributed by atoms with Gasteiger partial charge >= 0.3 is 13.1 Å². The molecule has 8 atom stereocenters. The predicted octanol–water partition coefficient (Wildman–Crippen LogP) is 3.16. The molecule has 10 heteroatoms. The van der Waals surface area contributed by atoms with Crippen LogP contribution in [0.5, 0.6) is 5.75 Å². The van der Waals surface area contributed by atoms with Gasteiger partial charge in [-0.15, -0.1) is 11.7 Å². The highest BCUT2D eigenvalue weighted by Crippen LogP contribution is 2.68. The van der Waals surface area contributed by atoms with Crippen LogP contribution in [-0.2, 0) is 19.1 Å². The Morgan fingerprint density at radius 1 is 1.33 bits per heavy atom. The fourth-order valence-corrected chi connectivity index (χ4v) is 8.09. The monoisotopic (exact) mass is 541 g/mol. The Hall–Kier alpha value is -2.72. The number of hydrogen-bond acceptors (Lipinski definition) is 8. The second kappa shape index (κ2) is 9.73. The van der Waals surface area contributed by atoms with Crippen molar-refractivity contribution >= 4 is 30.5 Å². The number of carbonyl (C=O) groups excluding carboxylic acids is 2. The van der Waals surface area contributed by atoms with Crippen molar-refractivity contribution in [2.75, 3.05) is 6.61 Å². The van der Waals surface area contributed by atoms with E-state index in [0.717, 1.165) is 12.8 Å². The van der Waals surface area contributed by atoms with E-state index in [2.05, 4.69) is 32.5 Å². The van der Waals surface area contributed by atoms with Gasteiger partial charge in [0, 0.05) is 34.2 Å². The van der Waals surface area contributed by atoms with Crippen LogP contribution in [0.1, 0.15) is 65.4 Å². The van der Waals surface area contributed by atoms with Crippen molar-refractivity contribution in [2.45, 2.75) is 72.0 Å². The Bertz CT molecular complexity index is 1220. The molecule has 0 saturated heterocycles. The lowest BCUT2D eigenvalue weighted by Crippen LogP contribution is -2.63. The fourth-order valence-electron chi connectivity index (χ4n) is 8.09. The Morgan fingerprint density at radius 2 is 2.08 bits per heavy atom. The van der Waals surface area contributed by atoms with E-state index in [4.69, 9.17) is 14.2 Å². The van der Waals surface area contributed by atoms with Crippen LogP contribution in [-0.4, -0.2) is 54.0 Å². The van der Waals surface area contributed by atoms with Crippen molar-refractivity contribution in [3.05, 3.63) is 36.2 Å².